The number of nitrogens with zero attached hydrogens (tertiary/aromatic N) is 3. The first-order valence-corrected chi connectivity index (χ1v) is 12.1. The van der Waals surface area contributed by atoms with Crippen molar-refractivity contribution in [2.75, 3.05) is 17.2 Å². The Bertz CT molecular complexity index is 1450. The van der Waals surface area contributed by atoms with Gasteiger partial charge in [-0.2, -0.15) is 23.4 Å². The number of terminal acetylenes is 1. The van der Waals surface area contributed by atoms with E-state index >= 15 is 0 Å². The van der Waals surface area contributed by atoms with Gasteiger partial charge < -0.3 is 16.0 Å². The molecule has 3 N–H and O–H groups in total. The molecule has 0 saturated heterocycles. The van der Waals surface area contributed by atoms with Crippen LogP contribution in [0.1, 0.15) is 35.3 Å². The normalized spacial score (nSPS) is 13.3. The van der Waals surface area contributed by atoms with E-state index in [4.69, 9.17) is 18.0 Å². The minimum atomic E-state index is -4.65. The minimum Gasteiger partial charge on any atom is -0.351 e. The highest BCUT2D eigenvalue weighted by atomic mass is 35.5. The molecule has 0 spiro atoms. The zero-order chi connectivity index (χ0) is 28.0. The van der Waals surface area contributed by atoms with Crippen LogP contribution in [0.3, 0.4) is 0 Å². The molecule has 4 rings (SSSR count). The molecule has 2 aromatic carbocycles. The Kier molecular flexibility index (Phi) is 8.16. The molecule has 2 heterocycles. The fraction of sp³-hybridized carbons (Fsp3) is 0.222. The summed E-state index contributed by atoms with van der Waals surface area (Å²) in [6, 6.07) is 12.4. The fourth-order valence-corrected chi connectivity index (χ4v) is 3.95. The molecule has 0 fully saturated rings. The first-order valence-electron chi connectivity index (χ1n) is 11.8. The van der Waals surface area contributed by atoms with Crippen LogP contribution in [0.25, 0.3) is 11.1 Å². The van der Waals surface area contributed by atoms with Gasteiger partial charge in [0.25, 0.3) is 5.91 Å². The number of carbonyl (C=O) groups is 2. The molecule has 0 bridgehead atoms. The summed E-state index contributed by atoms with van der Waals surface area (Å²) >= 11 is 5.61. The van der Waals surface area contributed by atoms with E-state index in [0.29, 0.717) is 31.5 Å². The van der Waals surface area contributed by atoms with Gasteiger partial charge in [-0.25, -0.2) is 4.79 Å². The fourth-order valence-electron chi connectivity index (χ4n) is 3.73. The topological polar surface area (TPSA) is 108 Å². The quantitative estimate of drug-likeness (QED) is 0.254. The van der Waals surface area contributed by atoms with E-state index in [-0.39, 0.29) is 17.3 Å². The molecular formula is C27H22ClF3N6O2. The molecular weight excluding hydrogens is 533 g/mol. The lowest BCUT2D eigenvalue weighted by Gasteiger charge is -2.12. The van der Waals surface area contributed by atoms with Crippen molar-refractivity contribution in [1.82, 2.24) is 10.3 Å². The molecule has 0 aliphatic carbocycles. The molecule has 1 aromatic heterocycles. The van der Waals surface area contributed by atoms with E-state index in [2.05, 4.69) is 37.1 Å². The summed E-state index contributed by atoms with van der Waals surface area (Å²) in [7, 11) is 0. The number of nitrogens with one attached hydrogen (secondary N) is 3. The van der Waals surface area contributed by atoms with Gasteiger partial charge in [0.15, 0.2) is 5.66 Å². The van der Waals surface area contributed by atoms with Gasteiger partial charge in [-0.15, -0.1) is 12.3 Å². The number of carbonyl (C=O) groups excluding carboxylic acids is 2. The van der Waals surface area contributed by atoms with Crippen LogP contribution in [-0.2, 0) is 6.18 Å². The number of urea groups is 1. The highest BCUT2D eigenvalue weighted by molar-refractivity contribution is 6.31. The first kappa shape index (κ1) is 27.6. The van der Waals surface area contributed by atoms with E-state index in [1.165, 1.54) is 12.3 Å². The van der Waals surface area contributed by atoms with Gasteiger partial charge in [-0.1, -0.05) is 23.7 Å². The summed E-state index contributed by atoms with van der Waals surface area (Å²) in [6.45, 7) is 0.373. The summed E-state index contributed by atoms with van der Waals surface area (Å²) in [5, 5.41) is 15.4. The molecule has 3 amide bonds. The number of hydrogen-bond donors (Lipinski definition) is 3. The van der Waals surface area contributed by atoms with E-state index in [0.717, 1.165) is 23.3 Å². The predicted octanol–water partition coefficient (Wildman–Crippen LogP) is 6.76. The second-order valence-electron chi connectivity index (χ2n) is 8.67. The standard InChI is InChI=1S/C27H22ClF3N6O2/c1-2-3-11-26(36-37-26)12-14-33-24(38)23-15-18(10-13-32-23)17-4-6-19(7-5-17)34-25(39)35-20-8-9-22(28)21(16-20)27(29,30)31/h1,4-10,13,15-16H,3,11-12,14H2,(H,33,38)(H2,34,35,39). The molecule has 39 heavy (non-hydrogen) atoms. The number of rotatable bonds is 9. The van der Waals surface area contributed by atoms with Gasteiger partial charge in [0.1, 0.15) is 5.69 Å². The van der Waals surface area contributed by atoms with Crippen molar-refractivity contribution < 1.29 is 22.8 Å². The Labute approximate surface area is 227 Å². The molecule has 1 aliphatic heterocycles. The average molecular weight is 555 g/mol. The van der Waals surface area contributed by atoms with E-state index in [1.54, 1.807) is 36.4 Å². The van der Waals surface area contributed by atoms with Gasteiger partial charge >= 0.3 is 12.2 Å². The maximum Gasteiger partial charge on any atom is 0.417 e. The predicted molar refractivity (Wildman–Crippen MR) is 141 cm³/mol. The van der Waals surface area contributed by atoms with Crippen LogP contribution in [0, 0.1) is 12.3 Å². The van der Waals surface area contributed by atoms with Crippen LogP contribution < -0.4 is 16.0 Å². The third-order valence-corrected chi connectivity index (χ3v) is 6.19. The van der Waals surface area contributed by atoms with Gasteiger partial charge in [0.2, 0.25) is 0 Å². The zero-order valence-corrected chi connectivity index (χ0v) is 21.1. The first-order chi connectivity index (χ1) is 18.6. The van der Waals surface area contributed by atoms with Crippen LogP contribution >= 0.6 is 11.6 Å². The van der Waals surface area contributed by atoms with Crippen LogP contribution in [-0.4, -0.2) is 29.1 Å². The maximum atomic E-state index is 13.0. The lowest BCUT2D eigenvalue weighted by atomic mass is 10.0. The van der Waals surface area contributed by atoms with E-state index in [9.17, 15) is 22.8 Å². The monoisotopic (exact) mass is 554 g/mol. The van der Waals surface area contributed by atoms with Crippen molar-refractivity contribution in [2.45, 2.75) is 31.1 Å². The number of pyridine rings is 1. The molecule has 8 nitrogen and oxygen atoms in total. The van der Waals surface area contributed by atoms with E-state index < -0.39 is 28.5 Å². The maximum absolute atomic E-state index is 13.0. The second kappa shape index (κ2) is 11.5. The Morgan fingerprint density at radius 2 is 1.64 bits per heavy atom. The van der Waals surface area contributed by atoms with Crippen molar-refractivity contribution in [3.63, 3.8) is 0 Å². The summed E-state index contributed by atoms with van der Waals surface area (Å²) in [6.07, 6.45) is 3.93. The zero-order valence-electron chi connectivity index (χ0n) is 20.3. The van der Waals surface area contributed by atoms with Gasteiger partial charge in [-0.3, -0.25) is 9.78 Å². The highest BCUT2D eigenvalue weighted by Gasteiger charge is 2.38. The van der Waals surface area contributed by atoms with Crippen LogP contribution in [0.5, 0.6) is 0 Å². The summed E-state index contributed by atoms with van der Waals surface area (Å²) in [5.74, 6) is 2.22. The molecule has 12 heteroatoms. The number of halogens is 4. The Morgan fingerprint density at radius 3 is 2.31 bits per heavy atom. The molecule has 200 valence electrons. The molecule has 0 saturated carbocycles. The average Bonchev–Trinajstić information content (AvgIpc) is 3.68. The second-order valence-corrected chi connectivity index (χ2v) is 9.08. The summed E-state index contributed by atoms with van der Waals surface area (Å²) in [5.41, 5.74) is 0.531. The van der Waals surface area contributed by atoms with Crippen LogP contribution in [0.4, 0.5) is 29.3 Å². The number of hydrogen-bond acceptors (Lipinski definition) is 5. The highest BCUT2D eigenvalue weighted by Crippen LogP contribution is 2.37. The van der Waals surface area contributed by atoms with Gasteiger partial charge in [-0.05, 0) is 53.6 Å². The molecule has 3 aromatic rings. The molecule has 0 atom stereocenters. The Balaban J connectivity index is 1.33. The largest absolute Gasteiger partial charge is 0.417 e. The number of alkyl halides is 3. The molecule has 0 unspecified atom stereocenters. The number of amides is 3. The van der Waals surface area contributed by atoms with Crippen molar-refractivity contribution in [3.05, 3.63) is 77.1 Å². The van der Waals surface area contributed by atoms with Crippen molar-refractivity contribution >= 4 is 34.9 Å². The van der Waals surface area contributed by atoms with E-state index in [1.807, 2.05) is 0 Å². The number of benzene rings is 2. The third-order valence-electron chi connectivity index (χ3n) is 5.86. The number of aromatic nitrogens is 1. The van der Waals surface area contributed by atoms with Crippen LogP contribution in [0.2, 0.25) is 5.02 Å². The van der Waals surface area contributed by atoms with Gasteiger partial charge in [0, 0.05) is 43.4 Å². The molecule has 1 aliphatic rings. The van der Waals surface area contributed by atoms with Crippen molar-refractivity contribution in [1.29, 1.82) is 0 Å². The van der Waals surface area contributed by atoms with Crippen molar-refractivity contribution in [3.8, 4) is 23.5 Å². The van der Waals surface area contributed by atoms with Crippen LogP contribution in [0.15, 0.2) is 71.0 Å². The molecule has 0 radical (unpaired) electrons. The lowest BCUT2D eigenvalue weighted by Crippen LogP contribution is -2.28. The smallest absolute Gasteiger partial charge is 0.351 e. The summed E-state index contributed by atoms with van der Waals surface area (Å²) < 4.78 is 39.1. The SMILES string of the molecule is C#CCCC1(CCNC(=O)c2cc(-c3ccc(NC(=O)Nc4ccc(Cl)c(C(F)(F)F)c4)cc3)ccn2)N=N1. The Hall–Kier alpha value is -4.43. The minimum absolute atomic E-state index is 0.0629. The van der Waals surface area contributed by atoms with Gasteiger partial charge in [0.05, 0.1) is 10.6 Å². The summed E-state index contributed by atoms with van der Waals surface area (Å²) in [4.78, 5) is 29.0. The number of anilines is 2. The van der Waals surface area contributed by atoms with Crippen molar-refractivity contribution in [2.24, 2.45) is 10.2 Å². The third kappa shape index (κ3) is 7.33. The lowest BCUT2D eigenvalue weighted by molar-refractivity contribution is -0.137. The Morgan fingerprint density at radius 1 is 0.949 bits per heavy atom.